The molecule has 0 saturated heterocycles. The molecule has 1 aromatic carbocycles. The van der Waals surface area contributed by atoms with Crippen molar-refractivity contribution >= 4 is 0 Å². The Morgan fingerprint density at radius 1 is 1.17 bits per heavy atom. The molecule has 1 nitrogen and oxygen atoms in total. The predicted octanol–water partition coefficient (Wildman–Crippen LogP) is 3.90. The van der Waals surface area contributed by atoms with E-state index >= 15 is 0 Å². The molecule has 0 aromatic heterocycles. The van der Waals surface area contributed by atoms with E-state index in [1.807, 2.05) is 13.8 Å². The van der Waals surface area contributed by atoms with Gasteiger partial charge in [-0.15, -0.1) is 0 Å². The fraction of sp³-hybridized carbons (Fsp3) is 0.571. The van der Waals surface area contributed by atoms with E-state index in [0.29, 0.717) is 12.0 Å². The van der Waals surface area contributed by atoms with E-state index in [2.05, 4.69) is 0 Å². The summed E-state index contributed by atoms with van der Waals surface area (Å²) in [6, 6.07) is 5.32. The van der Waals surface area contributed by atoms with Crippen LogP contribution in [0.4, 0.5) is 13.2 Å². The topological polar surface area (TPSA) is 20.2 Å². The van der Waals surface area contributed by atoms with Crippen LogP contribution in [-0.4, -0.2) is 11.2 Å². The Hall–Kier alpha value is -1.03. The van der Waals surface area contributed by atoms with Crippen LogP contribution in [-0.2, 0) is 12.6 Å². The third-order valence-corrected chi connectivity index (χ3v) is 3.20. The average molecular weight is 260 g/mol. The maximum absolute atomic E-state index is 12.6. The summed E-state index contributed by atoms with van der Waals surface area (Å²) >= 11 is 0. The van der Waals surface area contributed by atoms with Gasteiger partial charge in [-0.3, -0.25) is 0 Å². The van der Waals surface area contributed by atoms with Gasteiger partial charge in [-0.1, -0.05) is 32.0 Å². The van der Waals surface area contributed by atoms with E-state index in [4.69, 9.17) is 0 Å². The van der Waals surface area contributed by atoms with Crippen LogP contribution in [0.5, 0.6) is 0 Å². The summed E-state index contributed by atoms with van der Waals surface area (Å²) in [6.07, 6.45) is -4.38. The molecular weight excluding hydrogens is 241 g/mol. The molecule has 18 heavy (non-hydrogen) atoms. The summed E-state index contributed by atoms with van der Waals surface area (Å²) in [5.74, 6) is 0.188. The molecule has 0 heterocycles. The first-order chi connectivity index (χ1) is 8.21. The van der Waals surface area contributed by atoms with Gasteiger partial charge in [0, 0.05) is 0 Å². The molecular formula is C14H19F3O. The van der Waals surface area contributed by atoms with Gasteiger partial charge < -0.3 is 5.11 Å². The van der Waals surface area contributed by atoms with E-state index in [-0.39, 0.29) is 11.8 Å². The van der Waals surface area contributed by atoms with Crippen LogP contribution in [0.25, 0.3) is 0 Å². The van der Waals surface area contributed by atoms with Gasteiger partial charge in [0.25, 0.3) is 0 Å². The minimum atomic E-state index is -4.31. The van der Waals surface area contributed by atoms with Gasteiger partial charge in [0.1, 0.15) is 0 Å². The number of hydrogen-bond acceptors (Lipinski definition) is 1. The second-order valence-electron chi connectivity index (χ2n) is 5.05. The van der Waals surface area contributed by atoms with Crippen molar-refractivity contribution in [3.8, 4) is 0 Å². The van der Waals surface area contributed by atoms with Gasteiger partial charge in [0.2, 0.25) is 0 Å². The van der Waals surface area contributed by atoms with E-state index < -0.39 is 17.8 Å². The van der Waals surface area contributed by atoms with Crippen molar-refractivity contribution in [2.24, 2.45) is 11.8 Å². The Bertz CT molecular complexity index is 375. The maximum atomic E-state index is 12.6. The van der Waals surface area contributed by atoms with Crippen LogP contribution in [0, 0.1) is 11.8 Å². The van der Waals surface area contributed by atoms with Crippen molar-refractivity contribution < 1.29 is 18.3 Å². The quantitative estimate of drug-likeness (QED) is 0.870. The zero-order valence-corrected chi connectivity index (χ0v) is 10.8. The summed E-state index contributed by atoms with van der Waals surface area (Å²) in [7, 11) is 0. The lowest BCUT2D eigenvalue weighted by atomic mass is 9.85. The number of aliphatic hydroxyl groups is 1. The number of aliphatic hydroxyl groups excluding tert-OH is 1. The molecule has 0 saturated carbocycles. The highest BCUT2D eigenvalue weighted by Gasteiger charge is 2.30. The minimum Gasteiger partial charge on any atom is -0.393 e. The Morgan fingerprint density at radius 3 is 2.22 bits per heavy atom. The zero-order valence-electron chi connectivity index (χ0n) is 10.8. The molecule has 1 N–H and O–H groups in total. The third-order valence-electron chi connectivity index (χ3n) is 3.20. The Labute approximate surface area is 106 Å². The van der Waals surface area contributed by atoms with Crippen LogP contribution in [0.2, 0.25) is 0 Å². The molecule has 0 bridgehead atoms. The second kappa shape index (κ2) is 5.74. The molecule has 2 atom stereocenters. The van der Waals surface area contributed by atoms with Gasteiger partial charge >= 0.3 is 6.18 Å². The van der Waals surface area contributed by atoms with Crippen molar-refractivity contribution in [3.63, 3.8) is 0 Å². The third kappa shape index (κ3) is 4.02. The Morgan fingerprint density at radius 2 is 1.78 bits per heavy atom. The van der Waals surface area contributed by atoms with Crippen molar-refractivity contribution in [2.45, 2.75) is 39.5 Å². The monoisotopic (exact) mass is 260 g/mol. The normalized spacial score (nSPS) is 15.8. The van der Waals surface area contributed by atoms with Crippen LogP contribution in [0.3, 0.4) is 0 Å². The molecule has 0 spiro atoms. The Balaban J connectivity index is 2.91. The molecule has 1 aromatic rings. The van der Waals surface area contributed by atoms with Crippen LogP contribution in [0.1, 0.15) is 31.9 Å². The number of benzene rings is 1. The van der Waals surface area contributed by atoms with Gasteiger partial charge in [-0.05, 0) is 36.8 Å². The molecule has 0 aliphatic rings. The van der Waals surface area contributed by atoms with E-state index in [1.54, 1.807) is 13.0 Å². The summed E-state index contributed by atoms with van der Waals surface area (Å²) in [5.41, 5.74) is -0.0162. The molecule has 0 amide bonds. The molecule has 0 radical (unpaired) electrons. The molecule has 1 rings (SSSR count). The SMILES string of the molecule is CC(C)C(Cc1cccc(C(F)(F)F)c1)C(C)O. The summed E-state index contributed by atoms with van der Waals surface area (Å²) in [4.78, 5) is 0. The van der Waals surface area contributed by atoms with Crippen LogP contribution < -0.4 is 0 Å². The molecule has 0 aliphatic carbocycles. The number of rotatable bonds is 4. The lowest BCUT2D eigenvalue weighted by Gasteiger charge is -2.24. The lowest BCUT2D eigenvalue weighted by Crippen LogP contribution is -2.24. The van der Waals surface area contributed by atoms with Crippen molar-refractivity contribution in [3.05, 3.63) is 35.4 Å². The molecule has 0 aliphatic heterocycles. The standard InChI is InChI=1S/C14H19F3O/c1-9(2)13(10(3)18)8-11-5-4-6-12(7-11)14(15,16)17/h4-7,9-10,13,18H,8H2,1-3H3. The number of halogens is 3. The smallest absolute Gasteiger partial charge is 0.393 e. The zero-order chi connectivity index (χ0) is 13.9. The highest BCUT2D eigenvalue weighted by Crippen LogP contribution is 2.30. The fourth-order valence-corrected chi connectivity index (χ4v) is 2.11. The van der Waals surface area contributed by atoms with E-state index in [1.165, 1.54) is 6.07 Å². The van der Waals surface area contributed by atoms with E-state index in [9.17, 15) is 18.3 Å². The Kier molecular flexibility index (Phi) is 4.79. The van der Waals surface area contributed by atoms with Gasteiger partial charge in [0.05, 0.1) is 11.7 Å². The second-order valence-corrected chi connectivity index (χ2v) is 5.05. The van der Waals surface area contributed by atoms with Crippen molar-refractivity contribution in [1.82, 2.24) is 0 Å². The predicted molar refractivity (Wildman–Crippen MR) is 65.2 cm³/mol. The summed E-state index contributed by atoms with van der Waals surface area (Å²) in [6.45, 7) is 5.61. The molecule has 102 valence electrons. The van der Waals surface area contributed by atoms with Gasteiger partial charge in [0.15, 0.2) is 0 Å². The maximum Gasteiger partial charge on any atom is 0.416 e. The summed E-state index contributed by atoms with van der Waals surface area (Å²) in [5, 5.41) is 9.65. The number of alkyl halides is 3. The number of hydrogen-bond donors (Lipinski definition) is 1. The van der Waals surface area contributed by atoms with E-state index in [0.717, 1.165) is 12.1 Å². The summed E-state index contributed by atoms with van der Waals surface area (Å²) < 4.78 is 37.7. The lowest BCUT2D eigenvalue weighted by molar-refractivity contribution is -0.137. The minimum absolute atomic E-state index is 0.0338. The fourth-order valence-electron chi connectivity index (χ4n) is 2.11. The van der Waals surface area contributed by atoms with Crippen LogP contribution in [0.15, 0.2) is 24.3 Å². The van der Waals surface area contributed by atoms with Gasteiger partial charge in [-0.25, -0.2) is 0 Å². The first kappa shape index (κ1) is 15.0. The first-order valence-corrected chi connectivity index (χ1v) is 6.06. The first-order valence-electron chi connectivity index (χ1n) is 6.06. The molecule has 0 fully saturated rings. The van der Waals surface area contributed by atoms with Crippen molar-refractivity contribution in [1.29, 1.82) is 0 Å². The highest BCUT2D eigenvalue weighted by molar-refractivity contribution is 5.26. The largest absolute Gasteiger partial charge is 0.416 e. The van der Waals surface area contributed by atoms with Crippen molar-refractivity contribution in [2.75, 3.05) is 0 Å². The van der Waals surface area contributed by atoms with Gasteiger partial charge in [-0.2, -0.15) is 13.2 Å². The molecule has 4 heteroatoms. The highest BCUT2D eigenvalue weighted by atomic mass is 19.4. The van der Waals surface area contributed by atoms with Crippen LogP contribution >= 0.6 is 0 Å². The average Bonchev–Trinajstić information content (AvgIpc) is 2.24. The molecule has 2 unspecified atom stereocenters.